The third kappa shape index (κ3) is 4.32. The Morgan fingerprint density at radius 3 is 2.48 bits per heavy atom. The summed E-state index contributed by atoms with van der Waals surface area (Å²) in [7, 11) is 0. The smallest absolute Gasteiger partial charge is 0.243 e. The van der Waals surface area contributed by atoms with E-state index in [1.807, 2.05) is 44.2 Å². The summed E-state index contributed by atoms with van der Waals surface area (Å²) in [5.41, 5.74) is 4.00. The van der Waals surface area contributed by atoms with Crippen molar-refractivity contribution < 1.29 is 4.79 Å². The lowest BCUT2D eigenvalue weighted by Crippen LogP contribution is -2.22. The number of para-hydroxylation sites is 1. The molecule has 0 radical (unpaired) electrons. The molecule has 0 saturated carbocycles. The van der Waals surface area contributed by atoms with Gasteiger partial charge in [-0.3, -0.25) is 4.79 Å². The van der Waals surface area contributed by atoms with Crippen LogP contribution >= 0.6 is 31.9 Å². The molecule has 2 aromatic carbocycles. The third-order valence-corrected chi connectivity index (χ3v) is 4.32. The topological polar surface area (TPSA) is 41.1 Å². The highest BCUT2D eigenvalue weighted by Gasteiger charge is 2.08. The first-order chi connectivity index (χ1) is 9.97. The van der Waals surface area contributed by atoms with Gasteiger partial charge in [0, 0.05) is 8.95 Å². The fourth-order valence-corrected chi connectivity index (χ4v) is 3.26. The van der Waals surface area contributed by atoms with E-state index in [1.165, 1.54) is 5.56 Å². The molecule has 0 aliphatic rings. The number of hydrogen-bond donors (Lipinski definition) is 2. The Morgan fingerprint density at radius 1 is 1.10 bits per heavy atom. The number of carbonyl (C=O) groups is 1. The first-order valence-electron chi connectivity index (χ1n) is 6.52. The second-order valence-electron chi connectivity index (χ2n) is 4.82. The van der Waals surface area contributed by atoms with Crippen LogP contribution < -0.4 is 10.6 Å². The van der Waals surface area contributed by atoms with Crippen LogP contribution in [0.4, 0.5) is 11.4 Å². The lowest BCUT2D eigenvalue weighted by molar-refractivity contribution is -0.114. The van der Waals surface area contributed by atoms with Gasteiger partial charge in [-0.1, -0.05) is 18.2 Å². The molecule has 21 heavy (non-hydrogen) atoms. The summed E-state index contributed by atoms with van der Waals surface area (Å²) in [6.07, 6.45) is 0. The molecular formula is C16H16Br2N2O. The molecule has 5 heteroatoms. The quantitative estimate of drug-likeness (QED) is 0.752. The number of halogens is 2. The van der Waals surface area contributed by atoms with Crippen LogP contribution in [0.2, 0.25) is 0 Å². The zero-order valence-corrected chi connectivity index (χ0v) is 15.0. The summed E-state index contributed by atoms with van der Waals surface area (Å²) in [5.74, 6) is -0.0891. The van der Waals surface area contributed by atoms with E-state index in [0.29, 0.717) is 0 Å². The molecule has 2 aromatic rings. The Labute approximate surface area is 141 Å². The van der Waals surface area contributed by atoms with Gasteiger partial charge in [0.2, 0.25) is 5.91 Å². The number of amides is 1. The number of benzene rings is 2. The molecule has 0 atom stereocenters. The second-order valence-corrected chi connectivity index (χ2v) is 6.53. The molecule has 0 saturated heterocycles. The van der Waals surface area contributed by atoms with E-state index in [1.54, 1.807) is 0 Å². The van der Waals surface area contributed by atoms with Crippen LogP contribution in [-0.4, -0.2) is 12.5 Å². The maximum Gasteiger partial charge on any atom is 0.243 e. The molecule has 2 N–H and O–H groups in total. The van der Waals surface area contributed by atoms with Crippen LogP contribution in [0.15, 0.2) is 45.3 Å². The van der Waals surface area contributed by atoms with E-state index in [2.05, 4.69) is 48.6 Å². The molecule has 0 heterocycles. The van der Waals surface area contributed by atoms with Gasteiger partial charge in [0.25, 0.3) is 0 Å². The summed E-state index contributed by atoms with van der Waals surface area (Å²) in [6.45, 7) is 4.27. The van der Waals surface area contributed by atoms with Gasteiger partial charge in [-0.15, -0.1) is 0 Å². The largest absolute Gasteiger partial charge is 0.375 e. The summed E-state index contributed by atoms with van der Waals surface area (Å²) in [4.78, 5) is 12.0. The maximum absolute atomic E-state index is 12.0. The fraction of sp³-hybridized carbons (Fsp3) is 0.188. The predicted molar refractivity (Wildman–Crippen MR) is 94.9 cm³/mol. The average molecular weight is 412 g/mol. The van der Waals surface area contributed by atoms with Gasteiger partial charge in [-0.25, -0.2) is 0 Å². The summed E-state index contributed by atoms with van der Waals surface area (Å²) in [5, 5.41) is 6.04. The monoisotopic (exact) mass is 410 g/mol. The average Bonchev–Trinajstić information content (AvgIpc) is 2.40. The molecule has 1 amide bonds. The molecule has 110 valence electrons. The van der Waals surface area contributed by atoms with E-state index in [-0.39, 0.29) is 12.5 Å². The molecule has 0 aliphatic carbocycles. The molecule has 0 aromatic heterocycles. The number of rotatable bonds is 4. The molecule has 0 fully saturated rings. The molecule has 0 aliphatic heterocycles. The van der Waals surface area contributed by atoms with Crippen LogP contribution in [0, 0.1) is 13.8 Å². The van der Waals surface area contributed by atoms with Crippen molar-refractivity contribution in [3.63, 3.8) is 0 Å². The summed E-state index contributed by atoms with van der Waals surface area (Å²) < 4.78 is 1.83. The Morgan fingerprint density at radius 2 is 1.81 bits per heavy atom. The van der Waals surface area contributed by atoms with E-state index in [0.717, 1.165) is 25.9 Å². The minimum atomic E-state index is -0.0891. The number of aryl methyl sites for hydroxylation is 2. The van der Waals surface area contributed by atoms with Crippen molar-refractivity contribution in [1.29, 1.82) is 0 Å². The number of nitrogens with one attached hydrogen (secondary N) is 2. The number of hydrogen-bond acceptors (Lipinski definition) is 2. The van der Waals surface area contributed by atoms with Crippen molar-refractivity contribution >= 4 is 49.1 Å². The zero-order valence-electron chi connectivity index (χ0n) is 11.8. The SMILES string of the molecule is Cc1cc(C)c(NCC(=O)Nc2ccccc2Br)c(Br)c1. The van der Waals surface area contributed by atoms with Gasteiger partial charge in [0.1, 0.15) is 0 Å². The van der Waals surface area contributed by atoms with Gasteiger partial charge in [-0.2, -0.15) is 0 Å². The molecule has 0 spiro atoms. The minimum Gasteiger partial charge on any atom is -0.375 e. The predicted octanol–water partition coefficient (Wildman–Crippen LogP) is 4.88. The van der Waals surface area contributed by atoms with Gasteiger partial charge in [-0.05, 0) is 75.0 Å². The first kappa shape index (κ1) is 16.0. The van der Waals surface area contributed by atoms with Crippen LogP contribution in [0.25, 0.3) is 0 Å². The van der Waals surface area contributed by atoms with E-state index < -0.39 is 0 Å². The van der Waals surface area contributed by atoms with Crippen molar-refractivity contribution in [1.82, 2.24) is 0 Å². The highest BCUT2D eigenvalue weighted by molar-refractivity contribution is 9.11. The second kappa shape index (κ2) is 7.09. The fourth-order valence-electron chi connectivity index (χ4n) is 2.07. The van der Waals surface area contributed by atoms with Crippen molar-refractivity contribution in [3.8, 4) is 0 Å². The maximum atomic E-state index is 12.0. The number of carbonyl (C=O) groups excluding carboxylic acids is 1. The molecule has 0 bridgehead atoms. The zero-order chi connectivity index (χ0) is 15.4. The third-order valence-electron chi connectivity index (χ3n) is 3.01. The Kier molecular flexibility index (Phi) is 5.42. The summed E-state index contributed by atoms with van der Waals surface area (Å²) in [6, 6.07) is 11.7. The van der Waals surface area contributed by atoms with Gasteiger partial charge in [0.05, 0.1) is 17.9 Å². The Balaban J connectivity index is 2.01. The minimum absolute atomic E-state index is 0.0891. The highest BCUT2D eigenvalue weighted by Crippen LogP contribution is 2.27. The van der Waals surface area contributed by atoms with Crippen molar-refractivity contribution in [3.05, 3.63) is 56.5 Å². The van der Waals surface area contributed by atoms with Crippen LogP contribution in [0.1, 0.15) is 11.1 Å². The highest BCUT2D eigenvalue weighted by atomic mass is 79.9. The molecule has 2 rings (SSSR count). The van der Waals surface area contributed by atoms with E-state index >= 15 is 0 Å². The summed E-state index contributed by atoms with van der Waals surface area (Å²) >= 11 is 6.93. The van der Waals surface area contributed by atoms with E-state index in [9.17, 15) is 4.79 Å². The molecular weight excluding hydrogens is 396 g/mol. The lowest BCUT2D eigenvalue weighted by Gasteiger charge is -2.13. The molecule has 0 unspecified atom stereocenters. The molecule has 3 nitrogen and oxygen atoms in total. The normalized spacial score (nSPS) is 10.3. The Bertz CT molecular complexity index is 648. The van der Waals surface area contributed by atoms with Crippen LogP contribution in [-0.2, 0) is 4.79 Å². The lowest BCUT2D eigenvalue weighted by atomic mass is 10.1. The van der Waals surface area contributed by atoms with Gasteiger partial charge < -0.3 is 10.6 Å². The number of anilines is 2. The van der Waals surface area contributed by atoms with Crippen molar-refractivity contribution in [2.24, 2.45) is 0 Å². The standard InChI is InChI=1S/C16H16Br2N2O/c1-10-7-11(2)16(13(18)8-10)19-9-15(21)20-14-6-4-3-5-12(14)17/h3-8,19H,9H2,1-2H3,(H,20,21). The van der Waals surface area contributed by atoms with E-state index in [4.69, 9.17) is 0 Å². The van der Waals surface area contributed by atoms with Crippen LogP contribution in [0.5, 0.6) is 0 Å². The van der Waals surface area contributed by atoms with Gasteiger partial charge >= 0.3 is 0 Å². The van der Waals surface area contributed by atoms with Gasteiger partial charge in [0.15, 0.2) is 0 Å². The van der Waals surface area contributed by atoms with Crippen molar-refractivity contribution in [2.45, 2.75) is 13.8 Å². The first-order valence-corrected chi connectivity index (χ1v) is 8.11. The van der Waals surface area contributed by atoms with Crippen molar-refractivity contribution in [2.75, 3.05) is 17.2 Å². The van der Waals surface area contributed by atoms with Crippen LogP contribution in [0.3, 0.4) is 0 Å². The Hall–Kier alpha value is -1.33.